The number of H-pyrrole nitrogens is 1. The molecule has 110 valence electrons. The van der Waals surface area contributed by atoms with Crippen LogP contribution >= 0.6 is 11.6 Å². The van der Waals surface area contributed by atoms with Crippen molar-refractivity contribution in [2.45, 2.75) is 0 Å². The standard InChI is InChI=1S/C14H10ClN5O2/c15-9-1-2-12(20-7-11(14(16)22)18-19-20)10(6-9)8-3-4-17-13(21)5-8/h1-7H,(H2,16,22)(H,17,21). The second-order valence-electron chi connectivity index (χ2n) is 4.52. The number of hydrogen-bond acceptors (Lipinski definition) is 4. The van der Waals surface area contributed by atoms with Crippen molar-refractivity contribution in [3.63, 3.8) is 0 Å². The molecular formula is C14H10ClN5O2. The van der Waals surface area contributed by atoms with Gasteiger partial charge in [-0.25, -0.2) is 4.68 Å². The molecule has 0 aliphatic rings. The lowest BCUT2D eigenvalue weighted by atomic mass is 10.1. The maximum Gasteiger partial charge on any atom is 0.270 e. The first-order chi connectivity index (χ1) is 10.5. The fourth-order valence-electron chi connectivity index (χ4n) is 2.05. The first-order valence-electron chi connectivity index (χ1n) is 6.26. The summed E-state index contributed by atoms with van der Waals surface area (Å²) >= 11 is 6.04. The second kappa shape index (κ2) is 5.45. The average molecular weight is 316 g/mol. The highest BCUT2D eigenvalue weighted by atomic mass is 35.5. The second-order valence-corrected chi connectivity index (χ2v) is 4.95. The van der Waals surface area contributed by atoms with Gasteiger partial charge in [-0.05, 0) is 29.8 Å². The third-order valence-corrected chi connectivity index (χ3v) is 3.27. The molecule has 0 atom stereocenters. The molecule has 0 aliphatic carbocycles. The normalized spacial score (nSPS) is 10.6. The van der Waals surface area contributed by atoms with Crippen LogP contribution in [-0.4, -0.2) is 25.9 Å². The Morgan fingerprint density at radius 2 is 2.09 bits per heavy atom. The maximum absolute atomic E-state index is 11.5. The number of aromatic nitrogens is 4. The first kappa shape index (κ1) is 14.0. The molecule has 3 rings (SSSR count). The largest absolute Gasteiger partial charge is 0.364 e. The number of rotatable bonds is 3. The van der Waals surface area contributed by atoms with E-state index in [1.807, 2.05) is 0 Å². The molecule has 0 saturated heterocycles. The van der Waals surface area contributed by atoms with Gasteiger partial charge in [-0.3, -0.25) is 9.59 Å². The van der Waals surface area contributed by atoms with E-state index in [2.05, 4.69) is 15.3 Å². The molecule has 8 heteroatoms. The van der Waals surface area contributed by atoms with Crippen LogP contribution in [0.1, 0.15) is 10.5 Å². The van der Waals surface area contributed by atoms with Crippen LogP contribution in [0.4, 0.5) is 0 Å². The quantitative estimate of drug-likeness (QED) is 0.761. The number of primary amides is 1. The summed E-state index contributed by atoms with van der Waals surface area (Å²) in [4.78, 5) is 25.2. The highest BCUT2D eigenvalue weighted by Gasteiger charge is 2.12. The topological polar surface area (TPSA) is 107 Å². The van der Waals surface area contributed by atoms with Crippen molar-refractivity contribution >= 4 is 17.5 Å². The molecule has 0 unspecified atom stereocenters. The summed E-state index contributed by atoms with van der Waals surface area (Å²) < 4.78 is 1.41. The number of benzene rings is 1. The molecule has 0 spiro atoms. The van der Waals surface area contributed by atoms with Gasteiger partial charge in [0.1, 0.15) is 0 Å². The van der Waals surface area contributed by atoms with Gasteiger partial charge >= 0.3 is 0 Å². The molecule has 2 heterocycles. The number of nitrogens with zero attached hydrogens (tertiary/aromatic N) is 3. The predicted molar refractivity (Wildman–Crippen MR) is 80.9 cm³/mol. The monoisotopic (exact) mass is 315 g/mol. The van der Waals surface area contributed by atoms with E-state index in [0.29, 0.717) is 21.8 Å². The minimum absolute atomic E-state index is 0.0480. The number of nitrogens with two attached hydrogens (primary N) is 1. The van der Waals surface area contributed by atoms with Crippen molar-refractivity contribution < 1.29 is 4.79 Å². The zero-order valence-electron chi connectivity index (χ0n) is 11.2. The van der Waals surface area contributed by atoms with Crippen LogP contribution in [0.25, 0.3) is 16.8 Å². The number of pyridine rings is 1. The Bertz CT molecular complexity index is 915. The Kier molecular flexibility index (Phi) is 3.48. The minimum Gasteiger partial charge on any atom is -0.364 e. The molecule has 0 bridgehead atoms. The van der Waals surface area contributed by atoms with Gasteiger partial charge in [-0.2, -0.15) is 0 Å². The summed E-state index contributed by atoms with van der Waals surface area (Å²) in [6.07, 6.45) is 2.96. The fourth-order valence-corrected chi connectivity index (χ4v) is 2.22. The van der Waals surface area contributed by atoms with Crippen LogP contribution in [0.2, 0.25) is 5.02 Å². The number of aromatic amines is 1. The van der Waals surface area contributed by atoms with Gasteiger partial charge in [0.2, 0.25) is 5.56 Å². The van der Waals surface area contributed by atoms with Gasteiger partial charge < -0.3 is 10.7 Å². The molecule has 1 amide bonds. The van der Waals surface area contributed by atoms with Crippen LogP contribution in [0.3, 0.4) is 0 Å². The molecule has 7 nitrogen and oxygen atoms in total. The van der Waals surface area contributed by atoms with Crippen LogP contribution < -0.4 is 11.3 Å². The molecule has 1 aromatic carbocycles. The van der Waals surface area contributed by atoms with E-state index in [1.165, 1.54) is 16.9 Å². The number of amides is 1. The molecule has 22 heavy (non-hydrogen) atoms. The lowest BCUT2D eigenvalue weighted by Crippen LogP contribution is -2.11. The van der Waals surface area contributed by atoms with Crippen LogP contribution in [0.15, 0.2) is 47.5 Å². The molecule has 2 aromatic heterocycles. The van der Waals surface area contributed by atoms with E-state index in [9.17, 15) is 9.59 Å². The zero-order valence-corrected chi connectivity index (χ0v) is 11.9. The lowest BCUT2D eigenvalue weighted by molar-refractivity contribution is 0.0995. The lowest BCUT2D eigenvalue weighted by Gasteiger charge is -2.09. The van der Waals surface area contributed by atoms with E-state index in [4.69, 9.17) is 17.3 Å². The Morgan fingerprint density at radius 3 is 2.77 bits per heavy atom. The molecule has 0 radical (unpaired) electrons. The third kappa shape index (κ3) is 2.61. The van der Waals surface area contributed by atoms with Crippen LogP contribution in [0, 0.1) is 0 Å². The van der Waals surface area contributed by atoms with Crippen molar-refractivity contribution in [1.29, 1.82) is 0 Å². The number of nitrogens with one attached hydrogen (secondary N) is 1. The molecule has 3 aromatic rings. The van der Waals surface area contributed by atoms with Gasteiger partial charge in [0, 0.05) is 22.8 Å². The molecular weight excluding hydrogens is 306 g/mol. The summed E-state index contributed by atoms with van der Waals surface area (Å²) in [7, 11) is 0. The van der Waals surface area contributed by atoms with Crippen LogP contribution in [0.5, 0.6) is 0 Å². The highest BCUT2D eigenvalue weighted by Crippen LogP contribution is 2.28. The number of hydrogen-bond donors (Lipinski definition) is 2. The Morgan fingerprint density at radius 1 is 1.27 bits per heavy atom. The predicted octanol–water partition coefficient (Wildman–Crippen LogP) is 1.37. The summed E-state index contributed by atoms with van der Waals surface area (Å²) in [5.41, 5.74) is 6.95. The fraction of sp³-hybridized carbons (Fsp3) is 0. The number of carbonyl (C=O) groups excluding carboxylic acids is 1. The highest BCUT2D eigenvalue weighted by molar-refractivity contribution is 6.31. The zero-order chi connectivity index (χ0) is 15.7. The summed E-state index contributed by atoms with van der Waals surface area (Å²) in [5.74, 6) is -0.669. The number of carbonyl (C=O) groups is 1. The van der Waals surface area contributed by atoms with Gasteiger partial charge in [-0.15, -0.1) is 5.10 Å². The summed E-state index contributed by atoms with van der Waals surface area (Å²) in [6.45, 7) is 0. The van der Waals surface area contributed by atoms with Crippen LogP contribution in [-0.2, 0) is 0 Å². The van der Waals surface area contributed by atoms with E-state index in [1.54, 1.807) is 30.5 Å². The van der Waals surface area contributed by atoms with Gasteiger partial charge in [-0.1, -0.05) is 16.8 Å². The third-order valence-electron chi connectivity index (χ3n) is 3.04. The van der Waals surface area contributed by atoms with E-state index in [-0.39, 0.29) is 11.3 Å². The first-order valence-corrected chi connectivity index (χ1v) is 6.63. The Labute approximate surface area is 129 Å². The molecule has 0 fully saturated rings. The van der Waals surface area contributed by atoms with E-state index < -0.39 is 5.91 Å². The van der Waals surface area contributed by atoms with Crippen molar-refractivity contribution in [2.75, 3.05) is 0 Å². The Balaban J connectivity index is 2.19. The maximum atomic E-state index is 11.5. The molecule has 3 N–H and O–H groups in total. The van der Waals surface area contributed by atoms with Crippen molar-refractivity contribution in [1.82, 2.24) is 20.0 Å². The minimum atomic E-state index is -0.669. The SMILES string of the molecule is NC(=O)c1cn(-c2ccc(Cl)cc2-c2cc[nH]c(=O)c2)nn1. The summed E-state index contributed by atoms with van der Waals surface area (Å²) in [6, 6.07) is 8.29. The van der Waals surface area contributed by atoms with Crippen molar-refractivity contribution in [3.8, 4) is 16.8 Å². The number of halogens is 1. The Hall–Kier alpha value is -2.93. The molecule has 0 aliphatic heterocycles. The van der Waals surface area contributed by atoms with E-state index >= 15 is 0 Å². The van der Waals surface area contributed by atoms with Crippen molar-refractivity contribution in [2.24, 2.45) is 5.73 Å². The van der Waals surface area contributed by atoms with Crippen molar-refractivity contribution in [3.05, 3.63) is 63.8 Å². The summed E-state index contributed by atoms with van der Waals surface area (Å²) in [5, 5.41) is 8.10. The smallest absolute Gasteiger partial charge is 0.270 e. The van der Waals surface area contributed by atoms with Gasteiger partial charge in [0.15, 0.2) is 5.69 Å². The van der Waals surface area contributed by atoms with Gasteiger partial charge in [0.25, 0.3) is 5.91 Å². The molecule has 0 saturated carbocycles. The average Bonchev–Trinajstić information content (AvgIpc) is 2.97. The van der Waals surface area contributed by atoms with Gasteiger partial charge in [0.05, 0.1) is 11.9 Å². The van der Waals surface area contributed by atoms with E-state index in [0.717, 1.165) is 0 Å².